The molecule has 5 nitrogen and oxygen atoms in total. The molecule has 1 heterocycles. The predicted molar refractivity (Wildman–Crippen MR) is 82.5 cm³/mol. The Morgan fingerprint density at radius 3 is 2.90 bits per heavy atom. The Hall–Kier alpha value is -1.24. The molecule has 2 aromatic rings. The molecule has 3 N–H and O–H groups in total. The summed E-state index contributed by atoms with van der Waals surface area (Å²) in [5.74, 6) is 1.58. The molecule has 0 aliphatic rings. The number of aliphatic hydroxyl groups excluding tert-OH is 1. The number of hydrogen-bond acceptors (Lipinski definition) is 5. The number of aromatic nitrogens is 2. The fourth-order valence-electron chi connectivity index (χ4n) is 1.97. The van der Waals surface area contributed by atoms with Crippen molar-refractivity contribution in [1.29, 1.82) is 0 Å². The molecule has 0 amide bonds. The molecule has 20 heavy (non-hydrogen) atoms. The van der Waals surface area contributed by atoms with Crippen LogP contribution in [0.1, 0.15) is 13.8 Å². The van der Waals surface area contributed by atoms with E-state index < -0.39 is 0 Å². The summed E-state index contributed by atoms with van der Waals surface area (Å²) in [5, 5.41) is 13.5. The molecule has 2 rings (SSSR count). The number of fused-ring (bicyclic) bond motifs is 1. The van der Waals surface area contributed by atoms with Crippen LogP contribution >= 0.6 is 11.8 Å². The smallest absolute Gasteiger partial charge is 0.166 e. The lowest BCUT2D eigenvalue weighted by atomic mass is 10.3. The van der Waals surface area contributed by atoms with Gasteiger partial charge < -0.3 is 20.1 Å². The van der Waals surface area contributed by atoms with Gasteiger partial charge in [-0.15, -0.1) is 0 Å². The highest BCUT2D eigenvalue weighted by atomic mass is 32.2. The van der Waals surface area contributed by atoms with Crippen LogP contribution in [-0.2, 0) is 0 Å². The van der Waals surface area contributed by atoms with E-state index in [2.05, 4.69) is 29.1 Å². The van der Waals surface area contributed by atoms with Crippen molar-refractivity contribution in [2.45, 2.75) is 31.1 Å². The Bertz CT molecular complexity index is 556. The number of aliphatic hydroxyl groups is 1. The number of benzene rings is 1. The van der Waals surface area contributed by atoms with Gasteiger partial charge in [-0.3, -0.25) is 0 Å². The van der Waals surface area contributed by atoms with Gasteiger partial charge in [-0.1, -0.05) is 25.6 Å². The molecule has 0 bridgehead atoms. The summed E-state index contributed by atoms with van der Waals surface area (Å²) >= 11 is 1.60. The first-order valence-corrected chi connectivity index (χ1v) is 7.64. The Labute approximate surface area is 123 Å². The molecule has 0 aliphatic heterocycles. The molecular weight excluding hydrogens is 274 g/mol. The number of nitrogens with one attached hydrogen (secondary N) is 2. The minimum absolute atomic E-state index is 0.0720. The zero-order valence-electron chi connectivity index (χ0n) is 12.0. The molecule has 1 aromatic heterocycles. The molecule has 0 saturated heterocycles. The highest BCUT2D eigenvalue weighted by Gasteiger charge is 2.11. The summed E-state index contributed by atoms with van der Waals surface area (Å²) in [5.41, 5.74) is 1.88. The standard InChI is InChI=1S/C14H21N3O2S/c1-9(2)15-10(7-18)8-20-14-16-12-5-4-11(19-3)6-13(12)17-14/h4-6,9-10,15,18H,7-8H2,1-3H3,(H,16,17). The maximum atomic E-state index is 9.34. The minimum Gasteiger partial charge on any atom is -0.497 e. The SMILES string of the molecule is COc1ccc2nc(SCC(CO)NC(C)C)[nH]c2c1. The summed E-state index contributed by atoms with van der Waals surface area (Å²) in [6.07, 6.45) is 0. The summed E-state index contributed by atoms with van der Waals surface area (Å²) < 4.78 is 5.19. The van der Waals surface area contributed by atoms with Gasteiger partial charge in [0.25, 0.3) is 0 Å². The summed E-state index contributed by atoms with van der Waals surface area (Å²) in [6, 6.07) is 6.19. The average molecular weight is 295 g/mol. The first-order chi connectivity index (χ1) is 9.62. The van der Waals surface area contributed by atoms with Crippen LogP contribution in [0.2, 0.25) is 0 Å². The molecule has 0 saturated carbocycles. The molecule has 1 aromatic carbocycles. The zero-order chi connectivity index (χ0) is 14.5. The lowest BCUT2D eigenvalue weighted by Gasteiger charge is -2.17. The van der Waals surface area contributed by atoms with Crippen LogP contribution in [0.4, 0.5) is 0 Å². The molecule has 6 heteroatoms. The monoisotopic (exact) mass is 295 g/mol. The predicted octanol–water partition coefficient (Wildman–Crippen LogP) is 2.02. The number of hydrogen-bond donors (Lipinski definition) is 3. The van der Waals surface area contributed by atoms with E-state index in [1.54, 1.807) is 18.9 Å². The highest BCUT2D eigenvalue weighted by molar-refractivity contribution is 7.99. The number of imidazole rings is 1. The molecular formula is C14H21N3O2S. The van der Waals surface area contributed by atoms with E-state index in [0.29, 0.717) is 6.04 Å². The van der Waals surface area contributed by atoms with Crippen molar-refractivity contribution in [1.82, 2.24) is 15.3 Å². The maximum absolute atomic E-state index is 9.34. The quantitative estimate of drug-likeness (QED) is 0.682. The van der Waals surface area contributed by atoms with Gasteiger partial charge in [-0.2, -0.15) is 0 Å². The van der Waals surface area contributed by atoms with Gasteiger partial charge >= 0.3 is 0 Å². The topological polar surface area (TPSA) is 70.2 Å². The second kappa shape index (κ2) is 6.97. The van der Waals surface area contributed by atoms with E-state index in [9.17, 15) is 5.11 Å². The van der Waals surface area contributed by atoms with Gasteiger partial charge in [0.2, 0.25) is 0 Å². The van der Waals surface area contributed by atoms with Gasteiger partial charge in [0.1, 0.15) is 5.75 Å². The lowest BCUT2D eigenvalue weighted by Crippen LogP contribution is -2.39. The van der Waals surface area contributed by atoms with Crippen molar-refractivity contribution in [2.24, 2.45) is 0 Å². The molecule has 0 radical (unpaired) electrons. The third-order valence-corrected chi connectivity index (χ3v) is 3.91. The number of methoxy groups -OCH3 is 1. The van der Waals surface area contributed by atoms with Crippen molar-refractivity contribution >= 4 is 22.8 Å². The number of H-pyrrole nitrogens is 1. The van der Waals surface area contributed by atoms with Crippen LogP contribution in [0.3, 0.4) is 0 Å². The Morgan fingerprint density at radius 1 is 1.45 bits per heavy atom. The molecule has 0 aliphatic carbocycles. The van der Waals surface area contributed by atoms with E-state index in [4.69, 9.17) is 4.74 Å². The summed E-state index contributed by atoms with van der Waals surface area (Å²) in [4.78, 5) is 7.78. The van der Waals surface area contributed by atoms with Gasteiger partial charge in [0.05, 0.1) is 24.8 Å². The van der Waals surface area contributed by atoms with Crippen LogP contribution in [-0.4, -0.2) is 46.6 Å². The zero-order valence-corrected chi connectivity index (χ0v) is 12.8. The summed E-state index contributed by atoms with van der Waals surface area (Å²) in [7, 11) is 1.65. The van der Waals surface area contributed by atoms with Crippen molar-refractivity contribution in [3.8, 4) is 5.75 Å². The Kier molecular flexibility index (Phi) is 5.28. The fraction of sp³-hybridized carbons (Fsp3) is 0.500. The van der Waals surface area contributed by atoms with Crippen LogP contribution in [0.5, 0.6) is 5.75 Å². The van der Waals surface area contributed by atoms with Gasteiger partial charge in [-0.05, 0) is 12.1 Å². The fourth-order valence-corrected chi connectivity index (χ4v) is 2.87. The van der Waals surface area contributed by atoms with Gasteiger partial charge in [0, 0.05) is 23.9 Å². The van der Waals surface area contributed by atoms with Crippen molar-refractivity contribution in [2.75, 3.05) is 19.5 Å². The molecule has 1 unspecified atom stereocenters. The van der Waals surface area contributed by atoms with Gasteiger partial charge in [0.15, 0.2) is 5.16 Å². The van der Waals surface area contributed by atoms with Crippen LogP contribution in [0.25, 0.3) is 11.0 Å². The van der Waals surface area contributed by atoms with Crippen molar-refractivity contribution in [3.63, 3.8) is 0 Å². The number of aromatic amines is 1. The Balaban J connectivity index is 2.02. The molecule has 0 fully saturated rings. The van der Waals surface area contributed by atoms with E-state index in [0.717, 1.165) is 27.7 Å². The van der Waals surface area contributed by atoms with Gasteiger partial charge in [-0.25, -0.2) is 4.98 Å². The lowest BCUT2D eigenvalue weighted by molar-refractivity contribution is 0.247. The molecule has 0 spiro atoms. The second-order valence-electron chi connectivity index (χ2n) is 4.94. The third kappa shape index (κ3) is 3.88. The number of nitrogens with zero attached hydrogens (tertiary/aromatic N) is 1. The normalized spacial score (nSPS) is 13.1. The highest BCUT2D eigenvalue weighted by Crippen LogP contribution is 2.23. The second-order valence-corrected chi connectivity index (χ2v) is 5.95. The van der Waals surface area contributed by atoms with E-state index in [1.165, 1.54) is 0 Å². The first-order valence-electron chi connectivity index (χ1n) is 6.66. The molecule has 110 valence electrons. The average Bonchev–Trinajstić information content (AvgIpc) is 2.84. The van der Waals surface area contributed by atoms with E-state index in [-0.39, 0.29) is 12.6 Å². The number of ether oxygens (including phenoxy) is 1. The van der Waals surface area contributed by atoms with E-state index >= 15 is 0 Å². The summed E-state index contributed by atoms with van der Waals surface area (Å²) in [6.45, 7) is 4.26. The van der Waals surface area contributed by atoms with Crippen LogP contribution in [0, 0.1) is 0 Å². The van der Waals surface area contributed by atoms with Crippen LogP contribution in [0.15, 0.2) is 23.4 Å². The first kappa shape index (κ1) is 15.2. The van der Waals surface area contributed by atoms with Crippen LogP contribution < -0.4 is 10.1 Å². The molecule has 1 atom stereocenters. The number of thioether (sulfide) groups is 1. The number of rotatable bonds is 7. The maximum Gasteiger partial charge on any atom is 0.166 e. The Morgan fingerprint density at radius 2 is 2.25 bits per heavy atom. The van der Waals surface area contributed by atoms with Crippen molar-refractivity contribution in [3.05, 3.63) is 18.2 Å². The van der Waals surface area contributed by atoms with E-state index in [1.807, 2.05) is 18.2 Å². The largest absolute Gasteiger partial charge is 0.497 e. The third-order valence-electron chi connectivity index (χ3n) is 2.88. The van der Waals surface area contributed by atoms with Crippen molar-refractivity contribution < 1.29 is 9.84 Å². The minimum atomic E-state index is 0.0720.